The van der Waals surface area contributed by atoms with Crippen molar-refractivity contribution in [3.05, 3.63) is 47.9 Å². The van der Waals surface area contributed by atoms with Crippen molar-refractivity contribution in [3.8, 4) is 11.4 Å². The first-order valence-corrected chi connectivity index (χ1v) is 8.73. The summed E-state index contributed by atoms with van der Waals surface area (Å²) in [5.41, 5.74) is 1.43. The monoisotopic (exact) mass is 352 g/mol. The normalized spacial score (nSPS) is 17.2. The van der Waals surface area contributed by atoms with Crippen molar-refractivity contribution in [3.63, 3.8) is 0 Å². The molecule has 0 bridgehead atoms. The van der Waals surface area contributed by atoms with Crippen LogP contribution in [0.1, 0.15) is 60.7 Å². The number of rotatable bonds is 4. The molecule has 1 amide bonds. The second kappa shape index (κ2) is 6.70. The Hall–Kier alpha value is -3.03. The van der Waals surface area contributed by atoms with Crippen molar-refractivity contribution in [1.82, 2.24) is 30.2 Å². The summed E-state index contributed by atoms with van der Waals surface area (Å²) in [6.07, 6.45) is 3.21. The van der Waals surface area contributed by atoms with E-state index in [0.717, 1.165) is 18.4 Å². The van der Waals surface area contributed by atoms with E-state index in [-0.39, 0.29) is 17.9 Å². The maximum atomic E-state index is 13.1. The first-order chi connectivity index (χ1) is 12.6. The van der Waals surface area contributed by atoms with Crippen LogP contribution in [0, 0.1) is 0 Å². The van der Waals surface area contributed by atoms with Crippen molar-refractivity contribution in [1.29, 1.82) is 0 Å². The lowest BCUT2D eigenvalue weighted by Gasteiger charge is -2.22. The van der Waals surface area contributed by atoms with E-state index >= 15 is 0 Å². The highest BCUT2D eigenvalue weighted by Crippen LogP contribution is 2.32. The van der Waals surface area contributed by atoms with Gasteiger partial charge in [-0.3, -0.25) is 9.89 Å². The Bertz CT molecular complexity index is 902. The van der Waals surface area contributed by atoms with Gasteiger partial charge in [-0.05, 0) is 25.0 Å². The van der Waals surface area contributed by atoms with E-state index in [1.54, 1.807) is 0 Å². The number of carbonyl (C=O) groups is 1. The first-order valence-electron chi connectivity index (χ1n) is 8.73. The molecular weight excluding hydrogens is 332 g/mol. The average molecular weight is 352 g/mol. The molecule has 26 heavy (non-hydrogen) atoms. The summed E-state index contributed by atoms with van der Waals surface area (Å²) >= 11 is 0. The number of hydrogen-bond acceptors (Lipinski definition) is 6. The van der Waals surface area contributed by atoms with E-state index in [1.165, 1.54) is 6.33 Å². The summed E-state index contributed by atoms with van der Waals surface area (Å²) in [6, 6.07) is 7.24. The lowest BCUT2D eigenvalue weighted by atomic mass is 10.1. The van der Waals surface area contributed by atoms with E-state index in [9.17, 15) is 4.79 Å². The lowest BCUT2D eigenvalue weighted by molar-refractivity contribution is 0.0728. The molecule has 1 fully saturated rings. The third-order valence-electron chi connectivity index (χ3n) is 4.56. The van der Waals surface area contributed by atoms with E-state index in [1.807, 2.05) is 43.0 Å². The van der Waals surface area contributed by atoms with Crippen molar-refractivity contribution in [2.45, 2.75) is 38.6 Å². The van der Waals surface area contributed by atoms with Crippen molar-refractivity contribution in [2.75, 3.05) is 6.54 Å². The minimum atomic E-state index is -0.146. The van der Waals surface area contributed by atoms with Crippen molar-refractivity contribution in [2.24, 2.45) is 0 Å². The SMILES string of the molecule is CC(C)c1nc(C2CCCN2C(=O)c2cccc(-c3ncn[nH]3)c2)no1. The molecule has 1 atom stereocenters. The standard InChI is InChI=1S/C18H20N6O2/c1-11(2)17-21-16(23-26-17)14-7-4-8-24(14)18(25)13-6-3-5-12(9-13)15-19-10-20-22-15/h3,5-6,9-11,14H,4,7-8H2,1-2H3,(H,19,20,22). The van der Waals surface area contributed by atoms with Gasteiger partial charge in [-0.25, -0.2) is 4.98 Å². The highest BCUT2D eigenvalue weighted by molar-refractivity contribution is 5.95. The molecule has 0 spiro atoms. The van der Waals surface area contributed by atoms with Crippen LogP contribution in [0.15, 0.2) is 35.1 Å². The highest BCUT2D eigenvalue weighted by Gasteiger charge is 2.34. The number of aromatic nitrogens is 5. The number of aromatic amines is 1. The van der Waals surface area contributed by atoms with Gasteiger partial charge < -0.3 is 9.42 Å². The largest absolute Gasteiger partial charge is 0.339 e. The highest BCUT2D eigenvalue weighted by atomic mass is 16.5. The van der Waals surface area contributed by atoms with E-state index in [2.05, 4.69) is 25.3 Å². The van der Waals surface area contributed by atoms with Gasteiger partial charge in [-0.2, -0.15) is 10.1 Å². The summed E-state index contributed by atoms with van der Waals surface area (Å²) < 4.78 is 5.32. The molecule has 1 unspecified atom stereocenters. The van der Waals surface area contributed by atoms with Crippen LogP contribution < -0.4 is 0 Å². The number of hydrogen-bond donors (Lipinski definition) is 1. The topological polar surface area (TPSA) is 101 Å². The summed E-state index contributed by atoms with van der Waals surface area (Å²) in [4.78, 5) is 23.5. The Morgan fingerprint density at radius 2 is 2.27 bits per heavy atom. The minimum absolute atomic E-state index is 0.0373. The Labute approximate surface area is 150 Å². The van der Waals surface area contributed by atoms with E-state index in [0.29, 0.717) is 29.6 Å². The fourth-order valence-electron chi connectivity index (χ4n) is 3.21. The summed E-state index contributed by atoms with van der Waals surface area (Å²) in [7, 11) is 0. The Balaban J connectivity index is 1.59. The number of likely N-dealkylation sites (tertiary alicyclic amines) is 1. The average Bonchev–Trinajstić information content (AvgIpc) is 3.41. The number of carbonyl (C=O) groups excluding carboxylic acids is 1. The first kappa shape index (κ1) is 16.4. The molecule has 2 aromatic heterocycles. The number of benzene rings is 1. The fraction of sp³-hybridized carbons (Fsp3) is 0.389. The molecule has 1 aliphatic heterocycles. The Kier molecular flexibility index (Phi) is 4.24. The van der Waals surface area contributed by atoms with Crippen molar-refractivity contribution < 1.29 is 9.32 Å². The van der Waals surface area contributed by atoms with E-state index < -0.39 is 0 Å². The van der Waals surface area contributed by atoms with Crippen LogP contribution >= 0.6 is 0 Å². The summed E-state index contributed by atoms with van der Waals surface area (Å²) in [5, 5.41) is 10.8. The van der Waals surface area contributed by atoms with Crippen LogP contribution in [0.25, 0.3) is 11.4 Å². The fourth-order valence-corrected chi connectivity index (χ4v) is 3.21. The van der Waals surface area contributed by atoms with Crippen LogP contribution in [-0.4, -0.2) is 42.7 Å². The predicted molar refractivity (Wildman–Crippen MR) is 93.2 cm³/mol. The summed E-state index contributed by atoms with van der Waals surface area (Å²) in [5.74, 6) is 1.96. The van der Waals surface area contributed by atoms with Crippen LogP contribution in [0.3, 0.4) is 0 Å². The predicted octanol–water partition coefficient (Wildman–Crippen LogP) is 2.96. The number of nitrogens with one attached hydrogen (secondary N) is 1. The molecule has 1 saturated heterocycles. The van der Waals surface area contributed by atoms with Gasteiger partial charge in [0, 0.05) is 23.6 Å². The number of H-pyrrole nitrogens is 1. The molecular formula is C18H20N6O2. The van der Waals surface area contributed by atoms with Gasteiger partial charge in [0.15, 0.2) is 11.6 Å². The molecule has 8 nitrogen and oxygen atoms in total. The quantitative estimate of drug-likeness (QED) is 0.775. The molecule has 134 valence electrons. The molecule has 1 aromatic carbocycles. The molecule has 3 heterocycles. The molecule has 0 radical (unpaired) electrons. The lowest BCUT2D eigenvalue weighted by Crippen LogP contribution is -2.31. The second-order valence-corrected chi connectivity index (χ2v) is 6.72. The number of nitrogens with zero attached hydrogens (tertiary/aromatic N) is 5. The number of amides is 1. The van der Waals surface area contributed by atoms with Crippen LogP contribution in [0.2, 0.25) is 0 Å². The third-order valence-corrected chi connectivity index (χ3v) is 4.56. The maximum absolute atomic E-state index is 13.1. The maximum Gasteiger partial charge on any atom is 0.254 e. The molecule has 3 aromatic rings. The molecule has 1 N–H and O–H groups in total. The molecule has 8 heteroatoms. The summed E-state index contributed by atoms with van der Waals surface area (Å²) in [6.45, 7) is 4.69. The van der Waals surface area contributed by atoms with Crippen LogP contribution in [0.5, 0.6) is 0 Å². The molecule has 1 aliphatic rings. The smallest absolute Gasteiger partial charge is 0.254 e. The van der Waals surface area contributed by atoms with E-state index in [4.69, 9.17) is 4.52 Å². The van der Waals surface area contributed by atoms with Gasteiger partial charge in [0.1, 0.15) is 6.33 Å². The van der Waals surface area contributed by atoms with Gasteiger partial charge in [0.25, 0.3) is 5.91 Å². The Morgan fingerprint density at radius 1 is 1.38 bits per heavy atom. The zero-order chi connectivity index (χ0) is 18.1. The van der Waals surface area contributed by atoms with Crippen LogP contribution in [-0.2, 0) is 0 Å². The molecule has 0 saturated carbocycles. The van der Waals surface area contributed by atoms with Crippen LogP contribution in [0.4, 0.5) is 0 Å². The third kappa shape index (κ3) is 2.98. The van der Waals surface area contributed by atoms with Gasteiger partial charge in [-0.15, -0.1) is 0 Å². The second-order valence-electron chi connectivity index (χ2n) is 6.72. The van der Waals surface area contributed by atoms with Gasteiger partial charge in [-0.1, -0.05) is 31.1 Å². The van der Waals surface area contributed by atoms with Gasteiger partial charge in [0.05, 0.1) is 6.04 Å². The zero-order valence-corrected chi connectivity index (χ0v) is 14.7. The van der Waals surface area contributed by atoms with Gasteiger partial charge >= 0.3 is 0 Å². The molecule has 4 rings (SSSR count). The van der Waals surface area contributed by atoms with Crippen molar-refractivity contribution >= 4 is 5.91 Å². The van der Waals surface area contributed by atoms with Gasteiger partial charge in [0.2, 0.25) is 5.89 Å². The Morgan fingerprint density at radius 3 is 3.00 bits per heavy atom. The minimum Gasteiger partial charge on any atom is -0.339 e. The zero-order valence-electron chi connectivity index (χ0n) is 14.7. The molecule has 0 aliphatic carbocycles.